The molecule has 0 aliphatic heterocycles. The van der Waals surface area contributed by atoms with Crippen molar-refractivity contribution in [2.75, 3.05) is 6.61 Å². The molecule has 4 nitrogen and oxygen atoms in total. The van der Waals surface area contributed by atoms with E-state index in [2.05, 4.69) is 25.7 Å². The molecule has 0 saturated heterocycles. The number of hydrogen-bond acceptors (Lipinski definition) is 4. The molecule has 0 aromatic rings. The lowest BCUT2D eigenvalue weighted by Crippen LogP contribution is -2.18. The van der Waals surface area contributed by atoms with Gasteiger partial charge in [-0.05, 0) is 31.6 Å². The van der Waals surface area contributed by atoms with Crippen molar-refractivity contribution in [1.29, 1.82) is 0 Å². The molecule has 0 N–H and O–H groups in total. The maximum atomic E-state index is 11.8. The molecule has 0 bridgehead atoms. The van der Waals surface area contributed by atoms with Crippen LogP contribution in [0.25, 0.3) is 0 Å². The monoisotopic (exact) mass is 310 g/mol. The van der Waals surface area contributed by atoms with Crippen molar-refractivity contribution in [2.45, 2.75) is 78.7 Å². The summed E-state index contributed by atoms with van der Waals surface area (Å²) in [6.45, 7) is 8.55. The number of carbonyl (C=O) groups is 2. The maximum absolute atomic E-state index is 11.8. The molecule has 0 fully saturated rings. The van der Waals surface area contributed by atoms with Crippen LogP contribution in [-0.4, -0.2) is 24.6 Å². The van der Waals surface area contributed by atoms with Crippen LogP contribution in [0.1, 0.15) is 72.6 Å². The fourth-order valence-corrected chi connectivity index (χ4v) is 1.82. The molecule has 0 rings (SSSR count). The van der Waals surface area contributed by atoms with Crippen molar-refractivity contribution in [3.63, 3.8) is 0 Å². The summed E-state index contributed by atoms with van der Waals surface area (Å²) in [6.07, 6.45) is 3.98. The predicted molar refractivity (Wildman–Crippen MR) is 87.1 cm³/mol. The van der Waals surface area contributed by atoms with E-state index in [0.29, 0.717) is 38.2 Å². The molecule has 22 heavy (non-hydrogen) atoms. The lowest BCUT2D eigenvalue weighted by atomic mass is 10.1. The quantitative estimate of drug-likeness (QED) is 0.349. The minimum atomic E-state index is -0.318. The Morgan fingerprint density at radius 2 is 1.68 bits per heavy atom. The van der Waals surface area contributed by atoms with Gasteiger partial charge in [0.1, 0.15) is 0 Å². The van der Waals surface area contributed by atoms with E-state index in [0.717, 1.165) is 19.3 Å². The summed E-state index contributed by atoms with van der Waals surface area (Å²) in [7, 11) is 0. The summed E-state index contributed by atoms with van der Waals surface area (Å²) in [5, 5.41) is 0. The second-order valence-corrected chi connectivity index (χ2v) is 5.71. The molecule has 0 aromatic carbocycles. The summed E-state index contributed by atoms with van der Waals surface area (Å²) in [5.41, 5.74) is 0. The van der Waals surface area contributed by atoms with Gasteiger partial charge in [-0.1, -0.05) is 39.5 Å². The van der Waals surface area contributed by atoms with E-state index in [1.807, 2.05) is 13.8 Å². The highest BCUT2D eigenvalue weighted by molar-refractivity contribution is 5.70. The Hall–Kier alpha value is -1.50. The molecular weight excluding hydrogens is 280 g/mol. The normalized spacial score (nSPS) is 11.5. The predicted octanol–water partition coefficient (Wildman–Crippen LogP) is 3.87. The lowest BCUT2D eigenvalue weighted by molar-refractivity contribution is -0.148. The topological polar surface area (TPSA) is 52.6 Å². The van der Waals surface area contributed by atoms with Crippen molar-refractivity contribution in [3.8, 4) is 11.8 Å². The van der Waals surface area contributed by atoms with E-state index in [4.69, 9.17) is 9.47 Å². The van der Waals surface area contributed by atoms with E-state index in [9.17, 15) is 9.59 Å². The van der Waals surface area contributed by atoms with Crippen LogP contribution in [0, 0.1) is 17.8 Å². The number of esters is 2. The molecule has 0 aromatic heterocycles. The number of rotatable bonds is 10. The van der Waals surface area contributed by atoms with Crippen LogP contribution in [0.15, 0.2) is 0 Å². The zero-order valence-corrected chi connectivity index (χ0v) is 14.4. The van der Waals surface area contributed by atoms with E-state index < -0.39 is 0 Å². The number of hydrogen-bond donors (Lipinski definition) is 0. The Balaban J connectivity index is 3.96. The first-order chi connectivity index (χ1) is 10.5. The van der Waals surface area contributed by atoms with Gasteiger partial charge < -0.3 is 9.47 Å². The van der Waals surface area contributed by atoms with Crippen LogP contribution in [0.5, 0.6) is 0 Å². The first-order valence-electron chi connectivity index (χ1n) is 8.33. The molecule has 4 heteroatoms. The zero-order chi connectivity index (χ0) is 16.8. The van der Waals surface area contributed by atoms with Crippen molar-refractivity contribution in [3.05, 3.63) is 0 Å². The Kier molecular flexibility index (Phi) is 12.3. The molecule has 1 atom stereocenters. The molecule has 0 spiro atoms. The van der Waals surface area contributed by atoms with Crippen molar-refractivity contribution in [2.24, 2.45) is 5.92 Å². The van der Waals surface area contributed by atoms with Gasteiger partial charge in [-0.25, -0.2) is 0 Å². The van der Waals surface area contributed by atoms with E-state index in [1.165, 1.54) is 0 Å². The fraction of sp³-hybridized carbons (Fsp3) is 0.778. The number of ether oxygens (including phenoxy) is 2. The highest BCUT2D eigenvalue weighted by atomic mass is 16.5. The van der Waals surface area contributed by atoms with Crippen LogP contribution in [-0.2, 0) is 19.1 Å². The third-order valence-corrected chi connectivity index (χ3v) is 2.88. The summed E-state index contributed by atoms with van der Waals surface area (Å²) < 4.78 is 10.4. The van der Waals surface area contributed by atoms with Gasteiger partial charge in [-0.3, -0.25) is 9.59 Å². The Morgan fingerprint density at radius 3 is 2.23 bits per heavy atom. The molecule has 1 unspecified atom stereocenters. The summed E-state index contributed by atoms with van der Waals surface area (Å²) in [5.74, 6) is 5.97. The fourth-order valence-electron chi connectivity index (χ4n) is 1.82. The molecule has 0 aliphatic rings. The van der Waals surface area contributed by atoms with Gasteiger partial charge >= 0.3 is 11.9 Å². The highest BCUT2D eigenvalue weighted by Gasteiger charge is 2.13. The molecular formula is C18H30O4. The van der Waals surface area contributed by atoms with Gasteiger partial charge in [-0.2, -0.15) is 0 Å². The van der Waals surface area contributed by atoms with Gasteiger partial charge in [0.2, 0.25) is 0 Å². The molecule has 0 heterocycles. The second-order valence-electron chi connectivity index (χ2n) is 5.71. The van der Waals surface area contributed by atoms with Gasteiger partial charge in [-0.15, -0.1) is 0 Å². The average Bonchev–Trinajstić information content (AvgIpc) is 2.46. The van der Waals surface area contributed by atoms with Crippen LogP contribution < -0.4 is 0 Å². The third kappa shape index (κ3) is 12.3. The average molecular weight is 310 g/mol. The van der Waals surface area contributed by atoms with Crippen LogP contribution in [0.2, 0.25) is 0 Å². The van der Waals surface area contributed by atoms with Crippen LogP contribution in [0.3, 0.4) is 0 Å². The summed E-state index contributed by atoms with van der Waals surface area (Å²) >= 11 is 0. The number of unbranched alkanes of at least 4 members (excludes halogenated alkanes) is 1. The Bertz CT molecular complexity index is 376. The van der Waals surface area contributed by atoms with Gasteiger partial charge in [0.15, 0.2) is 6.10 Å². The largest absolute Gasteiger partial charge is 0.466 e. The van der Waals surface area contributed by atoms with Crippen molar-refractivity contribution < 1.29 is 19.1 Å². The first-order valence-corrected chi connectivity index (χ1v) is 8.33. The van der Waals surface area contributed by atoms with Crippen LogP contribution >= 0.6 is 0 Å². The Morgan fingerprint density at radius 1 is 1.05 bits per heavy atom. The van der Waals surface area contributed by atoms with E-state index in [-0.39, 0.29) is 18.0 Å². The summed E-state index contributed by atoms with van der Waals surface area (Å²) in [6, 6.07) is 0. The first kappa shape index (κ1) is 20.5. The molecule has 0 amide bonds. The van der Waals surface area contributed by atoms with Crippen molar-refractivity contribution >= 4 is 11.9 Å². The van der Waals surface area contributed by atoms with Gasteiger partial charge in [0.05, 0.1) is 6.61 Å². The molecule has 126 valence electrons. The maximum Gasteiger partial charge on any atom is 0.307 e. The molecule has 0 aliphatic carbocycles. The Labute approximate surface area is 134 Å². The SMILES string of the molecule is CCC#CC(CC(C)C)OC(=O)CCCCC(=O)OCCC. The zero-order valence-electron chi connectivity index (χ0n) is 14.4. The second kappa shape index (κ2) is 13.2. The number of carbonyl (C=O) groups excluding carboxylic acids is 2. The van der Waals surface area contributed by atoms with E-state index in [1.54, 1.807) is 0 Å². The third-order valence-electron chi connectivity index (χ3n) is 2.88. The highest BCUT2D eigenvalue weighted by Crippen LogP contribution is 2.10. The van der Waals surface area contributed by atoms with E-state index >= 15 is 0 Å². The standard InChI is InChI=1S/C18H30O4/c1-5-7-10-16(14-15(3)4)22-18(20)12-9-8-11-17(19)21-13-6-2/h15-16H,5-6,8-9,11-14H2,1-4H3. The lowest BCUT2D eigenvalue weighted by Gasteiger charge is -2.14. The van der Waals surface area contributed by atoms with Gasteiger partial charge in [0.25, 0.3) is 0 Å². The molecule has 0 saturated carbocycles. The van der Waals surface area contributed by atoms with Gasteiger partial charge in [0, 0.05) is 19.3 Å². The van der Waals surface area contributed by atoms with Crippen LogP contribution in [0.4, 0.5) is 0 Å². The smallest absolute Gasteiger partial charge is 0.307 e. The minimum absolute atomic E-state index is 0.193. The summed E-state index contributed by atoms with van der Waals surface area (Å²) in [4.78, 5) is 23.1. The molecule has 0 radical (unpaired) electrons. The van der Waals surface area contributed by atoms with Crippen molar-refractivity contribution in [1.82, 2.24) is 0 Å². The minimum Gasteiger partial charge on any atom is -0.466 e.